The maximum atomic E-state index is 12.5. The molecule has 0 saturated heterocycles. The van der Waals surface area contributed by atoms with E-state index < -0.39 is 5.60 Å². The van der Waals surface area contributed by atoms with Crippen molar-refractivity contribution in [1.29, 1.82) is 0 Å². The highest BCUT2D eigenvalue weighted by Gasteiger charge is 2.32. The molecule has 1 aliphatic rings. The minimum absolute atomic E-state index is 0.118. The molecule has 1 atom stereocenters. The van der Waals surface area contributed by atoms with Crippen molar-refractivity contribution in [3.05, 3.63) is 11.7 Å². The molecule has 130 valence electrons. The summed E-state index contributed by atoms with van der Waals surface area (Å²) >= 11 is 0. The van der Waals surface area contributed by atoms with Gasteiger partial charge in [0, 0.05) is 12.5 Å². The fourth-order valence-electron chi connectivity index (χ4n) is 2.41. The highest BCUT2D eigenvalue weighted by atomic mass is 16.5. The van der Waals surface area contributed by atoms with E-state index in [4.69, 9.17) is 4.52 Å². The van der Waals surface area contributed by atoms with Gasteiger partial charge in [-0.3, -0.25) is 0 Å². The number of rotatable bonds is 7. The molecule has 1 unspecified atom stereocenters. The molecule has 1 fully saturated rings. The van der Waals surface area contributed by atoms with Gasteiger partial charge >= 0.3 is 6.03 Å². The molecule has 2 N–H and O–H groups in total. The Balaban J connectivity index is 2.06. The van der Waals surface area contributed by atoms with Crippen LogP contribution in [-0.2, 0) is 0 Å². The molecule has 2 rings (SSSR count). The lowest BCUT2D eigenvalue weighted by atomic mass is 10.0. The molecule has 0 bridgehead atoms. The molecule has 0 aliphatic heterocycles. The van der Waals surface area contributed by atoms with Crippen molar-refractivity contribution in [2.24, 2.45) is 5.92 Å². The summed E-state index contributed by atoms with van der Waals surface area (Å²) in [6.07, 6.45) is 2.21. The van der Waals surface area contributed by atoms with Crippen LogP contribution in [0.4, 0.5) is 4.79 Å². The Hall–Kier alpha value is -1.63. The first kappa shape index (κ1) is 17.7. The number of hydrogen-bond donors (Lipinski definition) is 2. The van der Waals surface area contributed by atoms with E-state index in [0.29, 0.717) is 18.4 Å². The van der Waals surface area contributed by atoms with Gasteiger partial charge in [-0.2, -0.15) is 4.98 Å². The zero-order chi connectivity index (χ0) is 17.2. The van der Waals surface area contributed by atoms with E-state index in [1.54, 1.807) is 18.7 Å². The van der Waals surface area contributed by atoms with Gasteiger partial charge in [0.1, 0.15) is 6.04 Å². The molecule has 1 aromatic rings. The second-order valence-corrected chi connectivity index (χ2v) is 7.26. The molecule has 1 heterocycles. The third kappa shape index (κ3) is 4.92. The van der Waals surface area contributed by atoms with Crippen LogP contribution < -0.4 is 5.32 Å². The summed E-state index contributed by atoms with van der Waals surface area (Å²) < 4.78 is 5.36. The first-order valence-electron chi connectivity index (χ1n) is 8.32. The summed E-state index contributed by atoms with van der Waals surface area (Å²) in [6, 6.07) is -0.571. The molecule has 1 aromatic heterocycles. The lowest BCUT2D eigenvalue weighted by Crippen LogP contribution is -2.48. The molecular weight excluding hydrogens is 296 g/mol. The Morgan fingerprint density at radius 3 is 2.61 bits per heavy atom. The minimum Gasteiger partial charge on any atom is -0.389 e. The maximum absolute atomic E-state index is 12.5. The van der Waals surface area contributed by atoms with Gasteiger partial charge in [0.05, 0.1) is 12.1 Å². The second kappa shape index (κ2) is 6.86. The van der Waals surface area contributed by atoms with Crippen LogP contribution in [0.2, 0.25) is 0 Å². The van der Waals surface area contributed by atoms with E-state index >= 15 is 0 Å². The summed E-state index contributed by atoms with van der Waals surface area (Å²) in [5, 5.41) is 16.9. The monoisotopic (exact) mass is 324 g/mol. The highest BCUT2D eigenvalue weighted by molar-refractivity contribution is 5.74. The van der Waals surface area contributed by atoms with Gasteiger partial charge in [0.25, 0.3) is 0 Å². The van der Waals surface area contributed by atoms with Crippen molar-refractivity contribution >= 4 is 6.03 Å². The maximum Gasteiger partial charge on any atom is 0.318 e. The summed E-state index contributed by atoms with van der Waals surface area (Å²) in [5.74, 6) is 1.73. The van der Waals surface area contributed by atoms with Crippen molar-refractivity contribution in [3.8, 4) is 0 Å². The Bertz CT molecular complexity index is 532. The average molecular weight is 324 g/mol. The molecule has 2 amide bonds. The van der Waals surface area contributed by atoms with Gasteiger partial charge in [-0.25, -0.2) is 4.79 Å². The standard InChI is InChI=1S/C16H28N4O3/c1-6-20(9-16(4,5)22)15(21)17-12(10(2)3)14-18-13(19-23-14)11-7-8-11/h10-12,22H,6-9H2,1-5H3,(H,17,21). The van der Waals surface area contributed by atoms with Crippen molar-refractivity contribution in [3.63, 3.8) is 0 Å². The topological polar surface area (TPSA) is 91.5 Å². The predicted octanol–water partition coefficient (Wildman–Crippen LogP) is 2.45. The molecule has 7 heteroatoms. The van der Waals surface area contributed by atoms with E-state index in [2.05, 4.69) is 15.5 Å². The number of hydrogen-bond acceptors (Lipinski definition) is 5. The van der Waals surface area contributed by atoms with Crippen molar-refractivity contribution in [1.82, 2.24) is 20.4 Å². The summed E-state index contributed by atoms with van der Waals surface area (Å²) in [5.41, 5.74) is -0.940. The number of aromatic nitrogens is 2. The summed E-state index contributed by atoms with van der Waals surface area (Å²) in [6.45, 7) is 10.0. The van der Waals surface area contributed by atoms with Crippen molar-refractivity contribution in [2.75, 3.05) is 13.1 Å². The van der Waals surface area contributed by atoms with Gasteiger partial charge < -0.3 is 19.8 Å². The molecular formula is C16H28N4O3. The van der Waals surface area contributed by atoms with E-state index in [1.165, 1.54) is 0 Å². The summed E-state index contributed by atoms with van der Waals surface area (Å²) in [4.78, 5) is 18.5. The molecule has 23 heavy (non-hydrogen) atoms. The van der Waals surface area contributed by atoms with Gasteiger partial charge in [0.2, 0.25) is 5.89 Å². The number of aliphatic hydroxyl groups is 1. The Morgan fingerprint density at radius 2 is 2.13 bits per heavy atom. The number of likely N-dealkylation sites (N-methyl/N-ethyl adjacent to an activating group) is 1. The van der Waals surface area contributed by atoms with Crippen molar-refractivity contribution in [2.45, 2.75) is 65.0 Å². The lowest BCUT2D eigenvalue weighted by molar-refractivity contribution is 0.0470. The number of carbonyl (C=O) groups excluding carboxylic acids is 1. The van der Waals surface area contributed by atoms with E-state index in [0.717, 1.165) is 18.7 Å². The third-order valence-corrected chi connectivity index (χ3v) is 3.86. The quantitative estimate of drug-likeness (QED) is 0.804. The van der Waals surface area contributed by atoms with Gasteiger partial charge in [0.15, 0.2) is 5.82 Å². The molecule has 0 radical (unpaired) electrons. The number of amides is 2. The zero-order valence-electron chi connectivity index (χ0n) is 14.7. The van der Waals surface area contributed by atoms with Crippen LogP contribution in [0.5, 0.6) is 0 Å². The molecule has 0 spiro atoms. The van der Waals surface area contributed by atoms with Crippen LogP contribution in [0.15, 0.2) is 4.52 Å². The molecule has 7 nitrogen and oxygen atoms in total. The number of urea groups is 1. The smallest absolute Gasteiger partial charge is 0.318 e. The lowest BCUT2D eigenvalue weighted by Gasteiger charge is -2.30. The largest absolute Gasteiger partial charge is 0.389 e. The Labute approximate surface area is 137 Å². The third-order valence-electron chi connectivity index (χ3n) is 3.86. The first-order chi connectivity index (χ1) is 10.7. The van der Waals surface area contributed by atoms with Crippen LogP contribution in [0.1, 0.15) is 71.1 Å². The SMILES string of the molecule is CCN(CC(C)(C)O)C(=O)NC(c1nc(C2CC2)no1)C(C)C. The minimum atomic E-state index is -0.940. The van der Waals surface area contributed by atoms with Crippen LogP contribution in [0.3, 0.4) is 0 Å². The Kier molecular flexibility index (Phi) is 5.29. The second-order valence-electron chi connectivity index (χ2n) is 7.26. The van der Waals surface area contributed by atoms with Crippen LogP contribution in [0, 0.1) is 5.92 Å². The fraction of sp³-hybridized carbons (Fsp3) is 0.812. The zero-order valence-corrected chi connectivity index (χ0v) is 14.7. The number of nitrogens with one attached hydrogen (secondary N) is 1. The first-order valence-corrected chi connectivity index (χ1v) is 8.32. The van der Waals surface area contributed by atoms with Gasteiger partial charge in [-0.05, 0) is 39.5 Å². The average Bonchev–Trinajstić information content (AvgIpc) is 3.19. The number of nitrogens with zero attached hydrogens (tertiary/aromatic N) is 3. The van der Waals surface area contributed by atoms with E-state index in [9.17, 15) is 9.90 Å². The van der Waals surface area contributed by atoms with Crippen LogP contribution in [0.25, 0.3) is 0 Å². The number of carbonyl (C=O) groups is 1. The normalized spacial score (nSPS) is 16.5. The van der Waals surface area contributed by atoms with Crippen LogP contribution in [-0.4, -0.2) is 44.9 Å². The van der Waals surface area contributed by atoms with E-state index in [-0.39, 0.29) is 24.5 Å². The summed E-state index contributed by atoms with van der Waals surface area (Å²) in [7, 11) is 0. The highest BCUT2D eigenvalue weighted by Crippen LogP contribution is 2.38. The molecule has 1 saturated carbocycles. The van der Waals surface area contributed by atoms with E-state index in [1.807, 2.05) is 20.8 Å². The van der Waals surface area contributed by atoms with Gasteiger partial charge in [-0.1, -0.05) is 19.0 Å². The van der Waals surface area contributed by atoms with Crippen LogP contribution >= 0.6 is 0 Å². The molecule has 1 aliphatic carbocycles. The Morgan fingerprint density at radius 1 is 1.48 bits per heavy atom. The van der Waals surface area contributed by atoms with Crippen molar-refractivity contribution < 1.29 is 14.4 Å². The predicted molar refractivity (Wildman–Crippen MR) is 85.9 cm³/mol. The van der Waals surface area contributed by atoms with Gasteiger partial charge in [-0.15, -0.1) is 0 Å². The fourth-order valence-corrected chi connectivity index (χ4v) is 2.41. The molecule has 0 aromatic carbocycles.